The van der Waals surface area contributed by atoms with Crippen LogP contribution in [0.5, 0.6) is 0 Å². The Kier molecular flexibility index (Phi) is 2.07. The van der Waals surface area contributed by atoms with Crippen LogP contribution < -0.4 is 16.4 Å². The molecule has 0 unspecified atom stereocenters. The van der Waals surface area contributed by atoms with Crippen LogP contribution in [-0.4, -0.2) is 9.38 Å². The summed E-state index contributed by atoms with van der Waals surface area (Å²) in [5.74, 6) is 0. The first kappa shape index (κ1) is 12.2. The normalized spacial score (nSPS) is 12.0. The first-order chi connectivity index (χ1) is 11.2. The van der Waals surface area contributed by atoms with Crippen LogP contribution in [0.4, 0.5) is 0 Å². The third kappa shape index (κ3) is 1.32. The highest BCUT2D eigenvalue weighted by atomic mass is 16.1. The van der Waals surface area contributed by atoms with E-state index in [0.29, 0.717) is 27.1 Å². The molecule has 3 aromatic carbocycles. The van der Waals surface area contributed by atoms with Crippen LogP contribution in [-0.2, 0) is 0 Å². The Morgan fingerprint density at radius 1 is 0.696 bits per heavy atom. The van der Waals surface area contributed by atoms with Gasteiger partial charge in [0.2, 0.25) is 10.9 Å². The maximum Gasteiger partial charge on any atom is 0.264 e. The number of benzene rings is 2. The van der Waals surface area contributed by atoms with Gasteiger partial charge in [0.05, 0.1) is 10.9 Å². The van der Waals surface area contributed by atoms with Crippen molar-refractivity contribution in [3.63, 3.8) is 0 Å². The van der Waals surface area contributed by atoms with Gasteiger partial charge in [-0.25, -0.2) is 4.98 Å². The lowest BCUT2D eigenvalue weighted by Gasteiger charge is -1.98. The number of fused-ring (bicyclic) bond motifs is 6. The van der Waals surface area contributed by atoms with E-state index in [-0.39, 0.29) is 27.6 Å². The van der Waals surface area contributed by atoms with Crippen molar-refractivity contribution in [1.82, 2.24) is 9.38 Å². The van der Waals surface area contributed by atoms with E-state index in [2.05, 4.69) is 4.98 Å². The molecule has 0 bridgehead atoms. The molecule has 5 nitrogen and oxygen atoms in total. The summed E-state index contributed by atoms with van der Waals surface area (Å²) in [4.78, 5) is 42.2. The zero-order valence-corrected chi connectivity index (χ0v) is 11.7. The van der Waals surface area contributed by atoms with E-state index in [4.69, 9.17) is 0 Å². The molecule has 0 amide bonds. The Morgan fingerprint density at radius 3 is 1.96 bits per heavy atom. The molecule has 0 aliphatic rings. The average Bonchev–Trinajstić information content (AvgIpc) is 3.10. The lowest BCUT2D eigenvalue weighted by atomic mass is 10.1. The van der Waals surface area contributed by atoms with Crippen LogP contribution in [0.1, 0.15) is 0 Å². The fraction of sp³-hybridized carbons (Fsp3) is 0. The van der Waals surface area contributed by atoms with E-state index in [1.807, 2.05) is 0 Å². The average molecular weight is 300 g/mol. The Labute approximate surface area is 127 Å². The van der Waals surface area contributed by atoms with Gasteiger partial charge in [-0.3, -0.25) is 18.8 Å². The van der Waals surface area contributed by atoms with Crippen molar-refractivity contribution in [3.05, 3.63) is 79.3 Å². The topological polar surface area (TPSA) is 68.5 Å². The summed E-state index contributed by atoms with van der Waals surface area (Å²) in [6.07, 6.45) is 0. The lowest BCUT2D eigenvalue weighted by Crippen LogP contribution is -2.20. The summed E-state index contributed by atoms with van der Waals surface area (Å²) in [5.41, 5.74) is -0.291. The summed E-state index contributed by atoms with van der Waals surface area (Å²) in [6, 6.07) is 13.7. The number of nitrogens with zero attached hydrogens (tertiary/aromatic N) is 2. The third-order valence-corrected chi connectivity index (χ3v) is 4.33. The second-order valence-electron chi connectivity index (χ2n) is 5.52. The highest BCUT2D eigenvalue weighted by molar-refractivity contribution is 6.10. The van der Waals surface area contributed by atoms with Gasteiger partial charge in [-0.2, -0.15) is 0 Å². The van der Waals surface area contributed by atoms with Gasteiger partial charge in [-0.1, -0.05) is 42.5 Å². The molecule has 0 fully saturated rings. The minimum absolute atomic E-state index is 0.0153. The van der Waals surface area contributed by atoms with Gasteiger partial charge in [0.15, 0.2) is 5.65 Å². The summed E-state index contributed by atoms with van der Waals surface area (Å²) < 4.78 is 1.28. The number of aromatic nitrogens is 2. The van der Waals surface area contributed by atoms with E-state index in [9.17, 15) is 14.4 Å². The van der Waals surface area contributed by atoms with E-state index in [1.54, 1.807) is 48.5 Å². The Bertz CT molecular complexity index is 1420. The Morgan fingerprint density at radius 2 is 1.26 bits per heavy atom. The highest BCUT2D eigenvalue weighted by Gasteiger charge is 2.20. The maximum atomic E-state index is 12.9. The molecule has 0 saturated heterocycles. The van der Waals surface area contributed by atoms with Gasteiger partial charge in [0, 0.05) is 16.2 Å². The summed E-state index contributed by atoms with van der Waals surface area (Å²) in [6.45, 7) is 0. The van der Waals surface area contributed by atoms with Crippen LogP contribution in [0.25, 0.3) is 38.2 Å². The molecular formula is C18H8N2O3. The smallest absolute Gasteiger partial charge is 0.264 e. The van der Waals surface area contributed by atoms with Crippen LogP contribution >= 0.6 is 0 Å². The molecule has 23 heavy (non-hydrogen) atoms. The van der Waals surface area contributed by atoms with Crippen molar-refractivity contribution in [2.75, 3.05) is 0 Å². The molecule has 0 saturated carbocycles. The van der Waals surface area contributed by atoms with Crippen LogP contribution in [0, 0.1) is 0 Å². The first-order valence-electron chi connectivity index (χ1n) is 7.14. The summed E-state index contributed by atoms with van der Waals surface area (Å²) in [5, 5.41) is 1.82. The number of imidazole rings is 1. The minimum Gasteiger partial charge on any atom is -0.287 e. The van der Waals surface area contributed by atoms with Gasteiger partial charge in [0.25, 0.3) is 5.56 Å². The lowest BCUT2D eigenvalue weighted by molar-refractivity contribution is 1.17. The van der Waals surface area contributed by atoms with Crippen molar-refractivity contribution in [2.24, 2.45) is 0 Å². The molecule has 0 aliphatic carbocycles. The Balaban J connectivity index is 2.25. The predicted molar refractivity (Wildman–Crippen MR) is 88.9 cm³/mol. The molecule has 0 spiro atoms. The molecule has 2 aromatic heterocycles. The van der Waals surface area contributed by atoms with Crippen molar-refractivity contribution in [2.45, 2.75) is 0 Å². The van der Waals surface area contributed by atoms with Crippen molar-refractivity contribution >= 4 is 38.2 Å². The molecular weight excluding hydrogens is 292 g/mol. The predicted octanol–water partition coefficient (Wildman–Crippen LogP) is 1.75. The zero-order chi connectivity index (χ0) is 15.7. The van der Waals surface area contributed by atoms with Gasteiger partial charge >= 0.3 is 0 Å². The molecule has 5 rings (SSSR count). The third-order valence-electron chi connectivity index (χ3n) is 4.33. The SMILES string of the molecule is O=c1c2ccccc2c2c1nc1c(=O)c3ccccc3c(=O)n12. The second-order valence-corrected chi connectivity index (χ2v) is 5.52. The van der Waals surface area contributed by atoms with E-state index >= 15 is 0 Å². The molecule has 108 valence electrons. The van der Waals surface area contributed by atoms with Gasteiger partial charge in [-0.15, -0.1) is 0 Å². The minimum atomic E-state index is -0.333. The molecule has 2 heterocycles. The van der Waals surface area contributed by atoms with Gasteiger partial charge in [0.1, 0.15) is 5.52 Å². The van der Waals surface area contributed by atoms with Crippen molar-refractivity contribution in [1.29, 1.82) is 0 Å². The zero-order valence-electron chi connectivity index (χ0n) is 11.7. The first-order valence-corrected chi connectivity index (χ1v) is 7.14. The number of hydrogen-bond donors (Lipinski definition) is 0. The second kappa shape index (κ2) is 3.89. The fourth-order valence-electron chi connectivity index (χ4n) is 3.30. The van der Waals surface area contributed by atoms with Gasteiger partial charge < -0.3 is 0 Å². The van der Waals surface area contributed by atoms with Crippen molar-refractivity contribution in [3.8, 4) is 0 Å². The maximum absolute atomic E-state index is 12.9. The molecule has 5 aromatic rings. The van der Waals surface area contributed by atoms with E-state index in [0.717, 1.165) is 0 Å². The number of pyridine rings is 1. The molecule has 0 atom stereocenters. The van der Waals surface area contributed by atoms with Crippen LogP contribution in [0.15, 0.2) is 62.9 Å². The van der Waals surface area contributed by atoms with Gasteiger partial charge in [-0.05, 0) is 6.07 Å². The molecule has 0 radical (unpaired) electrons. The van der Waals surface area contributed by atoms with E-state index < -0.39 is 0 Å². The number of rotatable bonds is 0. The summed E-state index contributed by atoms with van der Waals surface area (Å²) >= 11 is 0. The Hall–Kier alpha value is -3.34. The van der Waals surface area contributed by atoms with E-state index in [1.165, 1.54) is 4.40 Å². The molecule has 0 aliphatic heterocycles. The monoisotopic (exact) mass is 300 g/mol. The van der Waals surface area contributed by atoms with Crippen molar-refractivity contribution < 1.29 is 0 Å². The highest BCUT2D eigenvalue weighted by Crippen LogP contribution is 2.23. The standard InChI is InChI=1S/C18H8N2O3/c21-15-10-6-2-1-5-9(10)14-13(15)19-17-16(22)11-7-3-4-8-12(11)18(23)20(14)17/h1-8H. The quantitative estimate of drug-likeness (QED) is 0.437. The number of hydrogen-bond acceptors (Lipinski definition) is 4. The van der Waals surface area contributed by atoms with Crippen LogP contribution in [0.3, 0.4) is 0 Å². The molecule has 0 N–H and O–H groups in total. The fourth-order valence-corrected chi connectivity index (χ4v) is 3.30. The molecule has 5 heteroatoms. The summed E-state index contributed by atoms with van der Waals surface area (Å²) in [7, 11) is 0. The largest absolute Gasteiger partial charge is 0.287 e. The van der Waals surface area contributed by atoms with Crippen LogP contribution in [0.2, 0.25) is 0 Å².